The number of hydrogen-bond donors (Lipinski definition) is 1. The van der Waals surface area contributed by atoms with Gasteiger partial charge in [0.2, 0.25) is 0 Å². The van der Waals surface area contributed by atoms with Gasteiger partial charge in [-0.1, -0.05) is 12.1 Å². The van der Waals surface area contributed by atoms with Gasteiger partial charge in [0.25, 0.3) is 5.91 Å². The van der Waals surface area contributed by atoms with Crippen molar-refractivity contribution in [1.82, 2.24) is 4.90 Å². The lowest BCUT2D eigenvalue weighted by Crippen LogP contribution is -2.30. The van der Waals surface area contributed by atoms with Crippen molar-refractivity contribution in [3.05, 3.63) is 33.4 Å². The maximum absolute atomic E-state index is 12.3. The Kier molecular flexibility index (Phi) is 4.04. The highest BCUT2D eigenvalue weighted by atomic mass is 127. The summed E-state index contributed by atoms with van der Waals surface area (Å²) in [6.07, 6.45) is 0.565. The highest BCUT2D eigenvalue weighted by Gasteiger charge is 2.29. The fraction of sp³-hybridized carbons (Fsp3) is 0.462. The number of halogens is 1. The number of carbonyl (C=O) groups excluding carboxylic acids is 1. The quantitative estimate of drug-likeness (QED) is 0.835. The van der Waals surface area contributed by atoms with Gasteiger partial charge in [0.05, 0.1) is 11.7 Å². The molecule has 0 spiro atoms. The van der Waals surface area contributed by atoms with E-state index in [1.807, 2.05) is 29.2 Å². The fourth-order valence-electron chi connectivity index (χ4n) is 2.17. The number of nitrogens with zero attached hydrogens (tertiary/aromatic N) is 1. The van der Waals surface area contributed by atoms with Crippen molar-refractivity contribution < 1.29 is 9.90 Å². The molecule has 2 unspecified atom stereocenters. The van der Waals surface area contributed by atoms with Crippen LogP contribution in [0.1, 0.15) is 23.7 Å². The molecule has 1 amide bonds. The second kappa shape index (κ2) is 5.35. The van der Waals surface area contributed by atoms with Gasteiger partial charge in [0.1, 0.15) is 0 Å². The molecule has 1 N–H and O–H groups in total. The van der Waals surface area contributed by atoms with Crippen LogP contribution < -0.4 is 0 Å². The summed E-state index contributed by atoms with van der Waals surface area (Å²) in [5.74, 6) is 0.304. The number of hydrogen-bond acceptors (Lipinski definition) is 2. The van der Waals surface area contributed by atoms with Gasteiger partial charge in [0.15, 0.2) is 0 Å². The van der Waals surface area contributed by atoms with Crippen molar-refractivity contribution in [2.24, 2.45) is 5.92 Å². The lowest BCUT2D eigenvalue weighted by atomic mass is 10.0. The fourth-order valence-corrected chi connectivity index (χ4v) is 2.79. The van der Waals surface area contributed by atoms with Crippen LogP contribution in [0.4, 0.5) is 0 Å². The van der Waals surface area contributed by atoms with Gasteiger partial charge in [-0.25, -0.2) is 0 Å². The lowest BCUT2D eigenvalue weighted by molar-refractivity contribution is 0.0761. The molecule has 0 bridgehead atoms. The van der Waals surface area contributed by atoms with E-state index >= 15 is 0 Å². The predicted octanol–water partition coefficient (Wildman–Crippen LogP) is 2.13. The maximum atomic E-state index is 12.3. The van der Waals surface area contributed by atoms with Gasteiger partial charge in [-0.2, -0.15) is 0 Å². The molecule has 1 aliphatic rings. The van der Waals surface area contributed by atoms with Crippen molar-refractivity contribution in [3.8, 4) is 0 Å². The second-order valence-corrected chi connectivity index (χ2v) is 5.68. The average Bonchev–Trinajstić information content (AvgIpc) is 2.78. The summed E-state index contributed by atoms with van der Waals surface area (Å²) in [4.78, 5) is 14.1. The first kappa shape index (κ1) is 12.8. The van der Waals surface area contributed by atoms with E-state index in [0.717, 1.165) is 22.1 Å². The van der Waals surface area contributed by atoms with Gasteiger partial charge >= 0.3 is 0 Å². The molecule has 4 heteroatoms. The van der Waals surface area contributed by atoms with E-state index in [1.54, 1.807) is 6.92 Å². The largest absolute Gasteiger partial charge is 0.393 e. The number of likely N-dealkylation sites (tertiary alicyclic amines) is 1. The van der Waals surface area contributed by atoms with Crippen LogP contribution in [-0.4, -0.2) is 35.1 Å². The van der Waals surface area contributed by atoms with E-state index in [9.17, 15) is 9.90 Å². The first-order valence-corrected chi connectivity index (χ1v) is 6.89. The van der Waals surface area contributed by atoms with Crippen LogP contribution in [0.3, 0.4) is 0 Å². The zero-order valence-electron chi connectivity index (χ0n) is 9.77. The average molecular weight is 345 g/mol. The first-order valence-electron chi connectivity index (χ1n) is 5.81. The molecule has 0 aliphatic carbocycles. The molecular weight excluding hydrogens is 329 g/mol. The number of carbonyl (C=O) groups is 1. The van der Waals surface area contributed by atoms with Crippen molar-refractivity contribution in [3.63, 3.8) is 0 Å². The zero-order chi connectivity index (χ0) is 12.4. The van der Waals surface area contributed by atoms with Gasteiger partial charge in [-0.15, -0.1) is 0 Å². The van der Waals surface area contributed by atoms with Crippen LogP contribution in [0.5, 0.6) is 0 Å². The minimum Gasteiger partial charge on any atom is -0.393 e. The molecule has 0 saturated carbocycles. The van der Waals surface area contributed by atoms with Crippen molar-refractivity contribution in [2.75, 3.05) is 13.1 Å². The molecule has 1 aliphatic heterocycles. The lowest BCUT2D eigenvalue weighted by Gasteiger charge is -2.18. The highest BCUT2D eigenvalue weighted by Crippen LogP contribution is 2.23. The van der Waals surface area contributed by atoms with Crippen LogP contribution >= 0.6 is 22.6 Å². The van der Waals surface area contributed by atoms with Crippen LogP contribution in [0.2, 0.25) is 0 Å². The van der Waals surface area contributed by atoms with Crippen LogP contribution in [0.25, 0.3) is 0 Å². The molecule has 2 rings (SSSR count). The molecule has 0 aromatic heterocycles. The number of rotatable bonds is 2. The number of aliphatic hydroxyl groups is 1. The minimum absolute atomic E-state index is 0.0816. The molecule has 1 aromatic rings. The Balaban J connectivity index is 2.10. The normalized spacial score (nSPS) is 21.6. The summed E-state index contributed by atoms with van der Waals surface area (Å²) in [6, 6.07) is 7.62. The molecule has 1 saturated heterocycles. The Hall–Kier alpha value is -0.620. The van der Waals surface area contributed by atoms with E-state index in [1.165, 1.54) is 0 Å². The van der Waals surface area contributed by atoms with E-state index in [0.29, 0.717) is 6.54 Å². The molecular formula is C13H16INO2. The first-order chi connectivity index (χ1) is 8.09. The SMILES string of the molecule is CC(O)C1CCN(C(=O)c2ccccc2I)C1. The Morgan fingerprint density at radius 3 is 2.82 bits per heavy atom. The molecule has 1 aromatic carbocycles. The maximum Gasteiger partial charge on any atom is 0.254 e. The summed E-state index contributed by atoms with van der Waals surface area (Å²) < 4.78 is 0.982. The molecule has 1 fully saturated rings. The van der Waals surface area contributed by atoms with Gasteiger partial charge < -0.3 is 10.0 Å². The number of benzene rings is 1. The summed E-state index contributed by atoms with van der Waals surface area (Å²) >= 11 is 2.18. The van der Waals surface area contributed by atoms with Crippen LogP contribution in [0.15, 0.2) is 24.3 Å². The van der Waals surface area contributed by atoms with Gasteiger partial charge in [-0.3, -0.25) is 4.79 Å². The van der Waals surface area contributed by atoms with Crippen molar-refractivity contribution >= 4 is 28.5 Å². The van der Waals surface area contributed by atoms with Crippen LogP contribution in [0, 0.1) is 9.49 Å². The standard InChI is InChI=1S/C13H16INO2/c1-9(16)10-6-7-15(8-10)13(17)11-4-2-3-5-12(11)14/h2-5,9-10,16H,6-8H2,1H3. The number of amides is 1. The van der Waals surface area contributed by atoms with E-state index in [-0.39, 0.29) is 17.9 Å². The Morgan fingerprint density at radius 1 is 1.53 bits per heavy atom. The summed E-state index contributed by atoms with van der Waals surface area (Å²) in [7, 11) is 0. The molecule has 92 valence electrons. The Labute approximate surface area is 115 Å². The summed E-state index contributed by atoms with van der Waals surface area (Å²) in [5, 5.41) is 9.54. The van der Waals surface area contributed by atoms with E-state index in [4.69, 9.17) is 0 Å². The molecule has 2 atom stereocenters. The Bertz CT molecular complexity index is 420. The van der Waals surface area contributed by atoms with Crippen LogP contribution in [-0.2, 0) is 0 Å². The number of aliphatic hydroxyl groups excluding tert-OH is 1. The second-order valence-electron chi connectivity index (χ2n) is 4.52. The monoisotopic (exact) mass is 345 g/mol. The molecule has 17 heavy (non-hydrogen) atoms. The third-order valence-electron chi connectivity index (χ3n) is 3.30. The zero-order valence-corrected chi connectivity index (χ0v) is 11.9. The third-order valence-corrected chi connectivity index (χ3v) is 4.24. The summed E-state index contributed by atoms with van der Waals surface area (Å²) in [6.45, 7) is 3.21. The third kappa shape index (κ3) is 2.80. The van der Waals surface area contributed by atoms with Crippen molar-refractivity contribution in [2.45, 2.75) is 19.4 Å². The molecule has 0 radical (unpaired) electrons. The minimum atomic E-state index is -0.331. The summed E-state index contributed by atoms with van der Waals surface area (Å²) in [5.41, 5.74) is 0.763. The Morgan fingerprint density at radius 2 is 2.24 bits per heavy atom. The molecule has 3 nitrogen and oxygen atoms in total. The van der Waals surface area contributed by atoms with E-state index in [2.05, 4.69) is 22.6 Å². The topological polar surface area (TPSA) is 40.5 Å². The smallest absolute Gasteiger partial charge is 0.254 e. The van der Waals surface area contributed by atoms with Gasteiger partial charge in [0, 0.05) is 22.6 Å². The van der Waals surface area contributed by atoms with Gasteiger partial charge in [-0.05, 0) is 48.1 Å². The van der Waals surface area contributed by atoms with Crippen molar-refractivity contribution in [1.29, 1.82) is 0 Å². The molecule has 1 heterocycles. The predicted molar refractivity (Wildman–Crippen MR) is 74.9 cm³/mol. The van der Waals surface area contributed by atoms with E-state index < -0.39 is 0 Å². The highest BCUT2D eigenvalue weighted by molar-refractivity contribution is 14.1.